The molecule has 0 aliphatic carbocycles. The summed E-state index contributed by atoms with van der Waals surface area (Å²) in [7, 11) is 0. The topological polar surface area (TPSA) is 43.9 Å². The molecule has 1 atom stereocenters. The Morgan fingerprint density at radius 2 is 1.37 bits per heavy atom. The first kappa shape index (κ1) is 27.3. The smallest absolute Gasteiger partial charge is 0.247 e. The lowest BCUT2D eigenvalue weighted by Gasteiger charge is -2.39. The highest BCUT2D eigenvalue weighted by atomic mass is 16.2. The number of amides is 2. The predicted octanol–water partition coefficient (Wildman–Crippen LogP) is 5.11. The Hall–Kier alpha value is -3.70. The number of nitrogens with zero attached hydrogens (tertiary/aromatic N) is 3. The first-order valence-corrected chi connectivity index (χ1v) is 13.7. The van der Waals surface area contributed by atoms with Gasteiger partial charge in [-0.2, -0.15) is 0 Å². The van der Waals surface area contributed by atoms with Gasteiger partial charge >= 0.3 is 0 Å². The number of rotatable bonds is 10. The minimum absolute atomic E-state index is 0.0243. The van der Waals surface area contributed by atoms with Crippen LogP contribution in [-0.2, 0) is 35.5 Å². The number of allylic oxidation sites excluding steroid dienone is 1. The van der Waals surface area contributed by atoms with Crippen LogP contribution in [0.25, 0.3) is 0 Å². The minimum atomic E-state index is -0.576. The summed E-state index contributed by atoms with van der Waals surface area (Å²) in [6.07, 6.45) is 4.78. The van der Waals surface area contributed by atoms with E-state index in [0.29, 0.717) is 26.1 Å². The molecule has 38 heavy (non-hydrogen) atoms. The van der Waals surface area contributed by atoms with Crippen LogP contribution in [0.1, 0.15) is 36.1 Å². The summed E-state index contributed by atoms with van der Waals surface area (Å²) in [5.74, 6) is -0.111. The third kappa shape index (κ3) is 7.42. The normalized spacial score (nSPS) is 14.9. The first-order valence-electron chi connectivity index (χ1n) is 13.7. The van der Waals surface area contributed by atoms with Crippen molar-refractivity contribution < 1.29 is 9.59 Å². The fourth-order valence-corrected chi connectivity index (χ4v) is 5.00. The van der Waals surface area contributed by atoms with Crippen LogP contribution in [0.4, 0.5) is 0 Å². The summed E-state index contributed by atoms with van der Waals surface area (Å²) in [5.41, 5.74) is 4.61. The zero-order valence-electron chi connectivity index (χ0n) is 22.6. The molecule has 0 spiro atoms. The van der Waals surface area contributed by atoms with Crippen molar-refractivity contribution in [2.45, 2.75) is 45.8 Å². The van der Waals surface area contributed by atoms with Gasteiger partial charge in [-0.3, -0.25) is 14.5 Å². The van der Waals surface area contributed by atoms with Crippen molar-refractivity contribution in [2.24, 2.45) is 0 Å². The van der Waals surface area contributed by atoms with Crippen molar-refractivity contribution in [1.29, 1.82) is 0 Å². The van der Waals surface area contributed by atoms with E-state index in [1.165, 1.54) is 11.1 Å². The van der Waals surface area contributed by atoms with Crippen molar-refractivity contribution in [3.8, 4) is 0 Å². The Morgan fingerprint density at radius 1 is 0.789 bits per heavy atom. The number of hydrogen-bond donors (Lipinski definition) is 0. The first-order chi connectivity index (χ1) is 18.6. The summed E-state index contributed by atoms with van der Waals surface area (Å²) < 4.78 is 0. The lowest BCUT2D eigenvalue weighted by atomic mass is 10.0. The van der Waals surface area contributed by atoms with Gasteiger partial charge in [0.1, 0.15) is 6.04 Å². The monoisotopic (exact) mass is 509 g/mol. The second-order valence-corrected chi connectivity index (χ2v) is 9.93. The van der Waals surface area contributed by atoms with E-state index in [9.17, 15) is 9.59 Å². The van der Waals surface area contributed by atoms with Crippen molar-refractivity contribution in [2.75, 3.05) is 26.2 Å². The quantitative estimate of drug-likeness (QED) is 0.357. The van der Waals surface area contributed by atoms with Crippen LogP contribution in [-0.4, -0.2) is 58.7 Å². The molecule has 0 aromatic heterocycles. The predicted molar refractivity (Wildman–Crippen MR) is 153 cm³/mol. The van der Waals surface area contributed by atoms with Gasteiger partial charge in [0.05, 0.1) is 0 Å². The maximum absolute atomic E-state index is 14.1. The van der Waals surface area contributed by atoms with E-state index in [0.717, 1.165) is 37.2 Å². The fraction of sp³-hybridized carbons (Fsp3) is 0.333. The van der Waals surface area contributed by atoms with Gasteiger partial charge in [-0.05, 0) is 41.7 Å². The highest BCUT2D eigenvalue weighted by Crippen LogP contribution is 2.19. The van der Waals surface area contributed by atoms with E-state index in [-0.39, 0.29) is 11.8 Å². The zero-order valence-corrected chi connectivity index (χ0v) is 22.6. The molecule has 5 heteroatoms. The van der Waals surface area contributed by atoms with Gasteiger partial charge in [0.2, 0.25) is 11.8 Å². The Morgan fingerprint density at radius 3 is 1.95 bits per heavy atom. The molecule has 1 aliphatic rings. The highest BCUT2D eigenvalue weighted by Gasteiger charge is 2.34. The number of carbonyl (C=O) groups excluding carboxylic acids is 2. The van der Waals surface area contributed by atoms with Crippen LogP contribution in [0, 0.1) is 0 Å². The molecule has 0 unspecified atom stereocenters. The summed E-state index contributed by atoms with van der Waals surface area (Å²) in [6.45, 7) is 8.21. The third-order valence-corrected chi connectivity index (χ3v) is 7.24. The third-order valence-electron chi connectivity index (χ3n) is 7.24. The van der Waals surface area contributed by atoms with E-state index < -0.39 is 6.04 Å². The average Bonchev–Trinajstić information content (AvgIpc) is 2.96. The molecule has 4 rings (SSSR count). The number of piperazine rings is 1. The molecule has 0 saturated carbocycles. The van der Waals surface area contributed by atoms with Crippen LogP contribution in [0.2, 0.25) is 0 Å². The number of aryl methyl sites for hydroxylation is 1. The van der Waals surface area contributed by atoms with Crippen LogP contribution < -0.4 is 0 Å². The highest BCUT2D eigenvalue weighted by molar-refractivity contribution is 5.93. The summed E-state index contributed by atoms with van der Waals surface area (Å²) in [4.78, 5) is 33.6. The SMILES string of the molecule is C/C=C/C(=O)N(Cc1ccc(CC)cc1)[C@@H](Cc1ccccc1)C(=O)N1CCN(Cc2ccccc2)CC1. The van der Waals surface area contributed by atoms with Crippen LogP contribution in [0.3, 0.4) is 0 Å². The van der Waals surface area contributed by atoms with Gasteiger partial charge in [0.25, 0.3) is 0 Å². The molecule has 5 nitrogen and oxygen atoms in total. The lowest BCUT2D eigenvalue weighted by Crippen LogP contribution is -2.56. The molecule has 1 heterocycles. The lowest BCUT2D eigenvalue weighted by molar-refractivity contribution is -0.145. The number of benzene rings is 3. The Kier molecular flexibility index (Phi) is 9.88. The van der Waals surface area contributed by atoms with Gasteiger partial charge in [0.15, 0.2) is 0 Å². The van der Waals surface area contributed by atoms with Crippen LogP contribution in [0.15, 0.2) is 97.1 Å². The molecular weight excluding hydrogens is 470 g/mol. The summed E-state index contributed by atoms with van der Waals surface area (Å²) in [6, 6.07) is 28.2. The molecule has 3 aromatic carbocycles. The maximum atomic E-state index is 14.1. The molecule has 0 radical (unpaired) electrons. The van der Waals surface area contributed by atoms with Gasteiger partial charge in [-0.1, -0.05) is 97.9 Å². The van der Waals surface area contributed by atoms with Gasteiger partial charge in [0, 0.05) is 45.7 Å². The molecule has 1 aliphatic heterocycles. The molecule has 1 saturated heterocycles. The zero-order chi connectivity index (χ0) is 26.7. The van der Waals surface area contributed by atoms with E-state index in [1.54, 1.807) is 17.1 Å². The fourth-order valence-electron chi connectivity index (χ4n) is 5.00. The van der Waals surface area contributed by atoms with Crippen molar-refractivity contribution >= 4 is 11.8 Å². The Bertz CT molecular complexity index is 1180. The second-order valence-electron chi connectivity index (χ2n) is 9.93. The largest absolute Gasteiger partial charge is 0.338 e. The maximum Gasteiger partial charge on any atom is 0.247 e. The van der Waals surface area contributed by atoms with E-state index in [2.05, 4.69) is 60.4 Å². The van der Waals surface area contributed by atoms with Gasteiger partial charge < -0.3 is 9.80 Å². The van der Waals surface area contributed by atoms with Gasteiger partial charge in [-0.15, -0.1) is 0 Å². The second kappa shape index (κ2) is 13.7. The number of hydrogen-bond acceptors (Lipinski definition) is 3. The average molecular weight is 510 g/mol. The minimum Gasteiger partial charge on any atom is -0.338 e. The molecule has 2 amide bonds. The molecule has 1 fully saturated rings. The van der Waals surface area contributed by atoms with E-state index in [1.807, 2.05) is 48.2 Å². The van der Waals surface area contributed by atoms with E-state index in [4.69, 9.17) is 0 Å². The molecule has 198 valence electrons. The molecule has 0 N–H and O–H groups in total. The van der Waals surface area contributed by atoms with Gasteiger partial charge in [-0.25, -0.2) is 0 Å². The summed E-state index contributed by atoms with van der Waals surface area (Å²) in [5, 5.41) is 0. The Balaban J connectivity index is 1.54. The number of carbonyl (C=O) groups is 2. The summed E-state index contributed by atoms with van der Waals surface area (Å²) >= 11 is 0. The molecular formula is C33H39N3O2. The van der Waals surface area contributed by atoms with Crippen molar-refractivity contribution in [3.63, 3.8) is 0 Å². The van der Waals surface area contributed by atoms with E-state index >= 15 is 0 Å². The Labute approximate surface area is 227 Å². The van der Waals surface area contributed by atoms with Crippen LogP contribution in [0.5, 0.6) is 0 Å². The van der Waals surface area contributed by atoms with Crippen molar-refractivity contribution in [3.05, 3.63) is 119 Å². The van der Waals surface area contributed by atoms with Crippen LogP contribution >= 0.6 is 0 Å². The van der Waals surface area contributed by atoms with Crippen molar-refractivity contribution in [1.82, 2.24) is 14.7 Å². The standard InChI is InChI=1S/C33H39N3O2/c1-3-11-32(37)36(26-30-18-16-27(4-2)17-19-30)31(24-28-12-7-5-8-13-28)33(38)35-22-20-34(21-23-35)25-29-14-9-6-10-15-29/h3,5-19,31H,4,20-26H2,1-2H3/b11-3+/t31-/m0/s1. The molecule has 0 bridgehead atoms. The molecule has 3 aromatic rings.